The average Bonchev–Trinajstić information content (AvgIpc) is 3.17. The molecule has 27 heavy (non-hydrogen) atoms. The number of methoxy groups -OCH3 is 1. The van der Waals surface area contributed by atoms with Gasteiger partial charge >= 0.3 is 0 Å². The molecular weight excluding hydrogens is 349 g/mol. The van der Waals surface area contributed by atoms with Crippen molar-refractivity contribution in [2.45, 2.75) is 12.8 Å². The number of benzene rings is 2. The Morgan fingerprint density at radius 2 is 1.85 bits per heavy atom. The maximum absolute atomic E-state index is 12.9. The molecule has 144 valence electrons. The molecule has 3 rings (SSSR count). The van der Waals surface area contributed by atoms with Crippen molar-refractivity contribution in [2.24, 2.45) is 5.92 Å². The highest BCUT2D eigenvalue weighted by atomic mass is 19.1. The number of rotatable bonds is 8. The Bertz CT molecular complexity index is 750. The molecular formula is C21H24FNO4. The van der Waals surface area contributed by atoms with Gasteiger partial charge in [-0.1, -0.05) is 12.1 Å². The molecule has 0 aromatic heterocycles. The van der Waals surface area contributed by atoms with Crippen LogP contribution in [0.4, 0.5) is 4.39 Å². The van der Waals surface area contributed by atoms with Gasteiger partial charge in [0.1, 0.15) is 11.6 Å². The Morgan fingerprint density at radius 1 is 1.11 bits per heavy atom. The van der Waals surface area contributed by atoms with Crippen molar-refractivity contribution in [2.75, 3.05) is 33.4 Å². The number of para-hydroxylation sites is 2. The van der Waals surface area contributed by atoms with E-state index in [-0.39, 0.29) is 18.3 Å². The smallest absolute Gasteiger partial charge is 0.260 e. The van der Waals surface area contributed by atoms with Gasteiger partial charge in [-0.15, -0.1) is 0 Å². The minimum atomic E-state index is -0.327. The lowest BCUT2D eigenvalue weighted by Gasteiger charge is -2.17. The first kappa shape index (κ1) is 19.0. The predicted molar refractivity (Wildman–Crippen MR) is 99.7 cm³/mol. The molecule has 1 atom stereocenters. The van der Waals surface area contributed by atoms with Crippen LogP contribution >= 0.6 is 0 Å². The fraction of sp³-hybridized carbons (Fsp3) is 0.381. The number of carbonyl (C=O) groups excluding carboxylic acids is 1. The largest absolute Gasteiger partial charge is 0.493 e. The first-order valence-electron chi connectivity index (χ1n) is 9.07. The zero-order valence-electron chi connectivity index (χ0n) is 15.4. The maximum atomic E-state index is 12.9. The molecule has 0 spiro atoms. The van der Waals surface area contributed by atoms with Crippen LogP contribution in [0.2, 0.25) is 0 Å². The molecule has 1 unspecified atom stereocenters. The lowest BCUT2D eigenvalue weighted by Crippen LogP contribution is -2.33. The van der Waals surface area contributed by atoms with E-state index in [0.717, 1.165) is 30.9 Å². The second-order valence-corrected chi connectivity index (χ2v) is 6.53. The summed E-state index contributed by atoms with van der Waals surface area (Å²) in [6, 6.07) is 13.2. The Labute approximate surface area is 158 Å². The van der Waals surface area contributed by atoms with Gasteiger partial charge in [-0.25, -0.2) is 4.39 Å². The van der Waals surface area contributed by atoms with E-state index in [0.29, 0.717) is 24.8 Å². The summed E-state index contributed by atoms with van der Waals surface area (Å²) in [4.78, 5) is 14.1. The normalized spacial score (nSPS) is 16.2. The maximum Gasteiger partial charge on any atom is 0.260 e. The van der Waals surface area contributed by atoms with Gasteiger partial charge in [-0.3, -0.25) is 4.79 Å². The zero-order valence-corrected chi connectivity index (χ0v) is 15.4. The monoisotopic (exact) mass is 373 g/mol. The van der Waals surface area contributed by atoms with Gasteiger partial charge in [0.05, 0.1) is 13.7 Å². The van der Waals surface area contributed by atoms with E-state index < -0.39 is 0 Å². The Balaban J connectivity index is 1.39. The van der Waals surface area contributed by atoms with E-state index in [1.54, 1.807) is 7.11 Å². The first-order chi connectivity index (χ1) is 13.2. The summed E-state index contributed by atoms with van der Waals surface area (Å²) in [7, 11) is 1.62. The number of nitrogens with zero attached hydrogens (tertiary/aromatic N) is 1. The molecule has 1 aliphatic rings. The van der Waals surface area contributed by atoms with Gasteiger partial charge in [-0.05, 0) is 55.2 Å². The van der Waals surface area contributed by atoms with E-state index in [4.69, 9.17) is 14.2 Å². The number of hydrogen-bond acceptors (Lipinski definition) is 4. The molecule has 5 nitrogen and oxygen atoms in total. The molecule has 1 fully saturated rings. The third-order valence-electron chi connectivity index (χ3n) is 4.67. The second-order valence-electron chi connectivity index (χ2n) is 6.53. The lowest BCUT2D eigenvalue weighted by atomic mass is 10.1. The molecule has 0 aliphatic carbocycles. The summed E-state index contributed by atoms with van der Waals surface area (Å²) in [6.45, 7) is 1.99. The molecule has 1 aliphatic heterocycles. The van der Waals surface area contributed by atoms with Gasteiger partial charge in [0.25, 0.3) is 5.91 Å². The highest BCUT2D eigenvalue weighted by Crippen LogP contribution is 2.27. The van der Waals surface area contributed by atoms with Crippen molar-refractivity contribution in [1.82, 2.24) is 4.90 Å². The van der Waals surface area contributed by atoms with Crippen LogP contribution in [0.15, 0.2) is 48.5 Å². The van der Waals surface area contributed by atoms with Crippen molar-refractivity contribution in [3.05, 3.63) is 54.3 Å². The van der Waals surface area contributed by atoms with Gasteiger partial charge in [0, 0.05) is 13.1 Å². The van der Waals surface area contributed by atoms with Crippen molar-refractivity contribution in [3.63, 3.8) is 0 Å². The molecule has 1 amide bonds. The highest BCUT2D eigenvalue weighted by Gasteiger charge is 2.26. The van der Waals surface area contributed by atoms with E-state index >= 15 is 0 Å². The molecule has 1 heterocycles. The standard InChI is InChI=1S/C21H24FNO4/c1-25-19-4-2-3-5-20(19)26-13-11-16-10-12-23(14-16)21(24)15-27-18-8-6-17(22)7-9-18/h2-9,16H,10-15H2,1H3. The number of likely N-dealkylation sites (tertiary alicyclic amines) is 1. The summed E-state index contributed by atoms with van der Waals surface area (Å²) >= 11 is 0. The second kappa shape index (κ2) is 9.26. The van der Waals surface area contributed by atoms with E-state index in [1.165, 1.54) is 24.3 Å². The fourth-order valence-corrected chi connectivity index (χ4v) is 3.14. The summed E-state index contributed by atoms with van der Waals surface area (Å²) in [5, 5.41) is 0. The van der Waals surface area contributed by atoms with Gasteiger partial charge in [0.2, 0.25) is 0 Å². The van der Waals surface area contributed by atoms with Crippen LogP contribution in [0.25, 0.3) is 0 Å². The molecule has 0 N–H and O–H groups in total. The summed E-state index contributed by atoms with van der Waals surface area (Å²) in [5.41, 5.74) is 0. The predicted octanol–water partition coefficient (Wildman–Crippen LogP) is 3.53. The third kappa shape index (κ3) is 5.36. The number of hydrogen-bond donors (Lipinski definition) is 0. The third-order valence-corrected chi connectivity index (χ3v) is 4.67. The minimum Gasteiger partial charge on any atom is -0.493 e. The van der Waals surface area contributed by atoms with Crippen LogP contribution in [0.1, 0.15) is 12.8 Å². The molecule has 0 saturated carbocycles. The SMILES string of the molecule is COc1ccccc1OCCC1CCN(C(=O)COc2ccc(F)cc2)C1. The first-order valence-corrected chi connectivity index (χ1v) is 9.07. The van der Waals surface area contributed by atoms with Crippen LogP contribution < -0.4 is 14.2 Å². The molecule has 6 heteroatoms. The van der Waals surface area contributed by atoms with Crippen LogP contribution in [0.3, 0.4) is 0 Å². The minimum absolute atomic E-state index is 0.0317. The zero-order chi connectivity index (χ0) is 19.1. The van der Waals surface area contributed by atoms with Gasteiger partial charge in [-0.2, -0.15) is 0 Å². The Morgan fingerprint density at radius 3 is 2.59 bits per heavy atom. The fourth-order valence-electron chi connectivity index (χ4n) is 3.14. The number of carbonyl (C=O) groups is 1. The lowest BCUT2D eigenvalue weighted by molar-refractivity contribution is -0.132. The summed E-state index contributed by atoms with van der Waals surface area (Å²) < 4.78 is 29.4. The Kier molecular flexibility index (Phi) is 6.52. The van der Waals surface area contributed by atoms with Crippen LogP contribution in [0.5, 0.6) is 17.2 Å². The molecule has 0 bridgehead atoms. The van der Waals surface area contributed by atoms with Crippen LogP contribution in [-0.2, 0) is 4.79 Å². The molecule has 1 saturated heterocycles. The summed E-state index contributed by atoms with van der Waals surface area (Å²) in [5.74, 6) is 1.98. The van der Waals surface area contributed by atoms with Crippen molar-refractivity contribution >= 4 is 5.91 Å². The highest BCUT2D eigenvalue weighted by molar-refractivity contribution is 5.78. The van der Waals surface area contributed by atoms with E-state index in [2.05, 4.69) is 0 Å². The van der Waals surface area contributed by atoms with Crippen LogP contribution in [-0.4, -0.2) is 44.2 Å². The number of ether oxygens (including phenoxy) is 3. The molecule has 2 aromatic rings. The van der Waals surface area contributed by atoms with Crippen molar-refractivity contribution < 1.29 is 23.4 Å². The van der Waals surface area contributed by atoms with E-state index in [9.17, 15) is 9.18 Å². The van der Waals surface area contributed by atoms with Crippen molar-refractivity contribution in [3.8, 4) is 17.2 Å². The van der Waals surface area contributed by atoms with Crippen molar-refractivity contribution in [1.29, 1.82) is 0 Å². The van der Waals surface area contributed by atoms with Gasteiger partial charge < -0.3 is 19.1 Å². The Hall–Kier alpha value is -2.76. The topological polar surface area (TPSA) is 48.0 Å². The average molecular weight is 373 g/mol. The summed E-state index contributed by atoms with van der Waals surface area (Å²) in [6.07, 6.45) is 1.83. The number of amides is 1. The number of halogens is 1. The molecule has 2 aromatic carbocycles. The molecule has 0 radical (unpaired) electrons. The van der Waals surface area contributed by atoms with E-state index in [1.807, 2.05) is 29.2 Å². The quantitative estimate of drug-likeness (QED) is 0.710. The van der Waals surface area contributed by atoms with Crippen LogP contribution in [0, 0.1) is 11.7 Å². The van der Waals surface area contributed by atoms with Gasteiger partial charge in [0.15, 0.2) is 18.1 Å².